The van der Waals surface area contributed by atoms with E-state index >= 15 is 4.39 Å². The molecule has 0 heterocycles. The van der Waals surface area contributed by atoms with Gasteiger partial charge in [0.05, 0.1) is 7.11 Å². The molecule has 1 unspecified atom stereocenters. The van der Waals surface area contributed by atoms with Gasteiger partial charge in [-0.15, -0.1) is 0 Å². The lowest BCUT2D eigenvalue weighted by Crippen LogP contribution is -2.22. The maximum Gasteiger partial charge on any atom is 0.303 e. The Kier molecular flexibility index (Phi) is 7.47. The lowest BCUT2D eigenvalue weighted by Gasteiger charge is -2.23. The van der Waals surface area contributed by atoms with Gasteiger partial charge in [0.15, 0.2) is 0 Å². The summed E-state index contributed by atoms with van der Waals surface area (Å²) in [7, 11) is 1.66. The van der Waals surface area contributed by atoms with Crippen LogP contribution in [0.2, 0.25) is 0 Å². The highest BCUT2D eigenvalue weighted by Crippen LogP contribution is 2.35. The number of benzene rings is 4. The molecule has 2 N–H and O–H groups in total. The summed E-state index contributed by atoms with van der Waals surface area (Å²) in [6.07, 6.45) is 0.0485. The Morgan fingerprint density at radius 1 is 0.914 bits per heavy atom. The summed E-state index contributed by atoms with van der Waals surface area (Å²) in [4.78, 5) is 11.0. The van der Waals surface area contributed by atoms with Gasteiger partial charge in [-0.2, -0.15) is 0 Å². The molecule has 0 aliphatic carbocycles. The minimum Gasteiger partial charge on any atom is -0.497 e. The molecule has 0 amide bonds. The molecule has 5 heteroatoms. The van der Waals surface area contributed by atoms with E-state index < -0.39 is 5.97 Å². The number of nitrogens with one attached hydrogen (secondary N) is 1. The fraction of sp³-hybridized carbons (Fsp3) is 0.233. The summed E-state index contributed by atoms with van der Waals surface area (Å²) in [5.41, 5.74) is 3.87. The van der Waals surface area contributed by atoms with E-state index in [1.165, 1.54) is 0 Å². The molecule has 0 aliphatic rings. The van der Waals surface area contributed by atoms with Crippen LogP contribution < -0.4 is 10.1 Å². The molecule has 0 fully saturated rings. The van der Waals surface area contributed by atoms with E-state index in [0.717, 1.165) is 33.2 Å². The standard InChI is InChI=1S/C30H30FNO3/c1-19(22-10-6-11-25(17-22)35-3)32-20(2)24-16-23-8-4-5-12-26(23)28(18-24)27-13-7-9-21(30(27)31)14-15-29(33)34/h4-13,16-20,32H,14-15H2,1-3H3,(H,33,34)/t19-,20?/m1/s1. The molecular weight excluding hydrogens is 441 g/mol. The number of aryl methyl sites for hydroxylation is 1. The van der Waals surface area contributed by atoms with Crippen LogP contribution in [-0.2, 0) is 11.2 Å². The summed E-state index contributed by atoms with van der Waals surface area (Å²) >= 11 is 0. The number of carboxylic acid groups (broad SMARTS) is 1. The molecule has 0 radical (unpaired) electrons. The van der Waals surface area contributed by atoms with E-state index in [4.69, 9.17) is 9.84 Å². The minimum absolute atomic E-state index is 0.00203. The maximum atomic E-state index is 15.6. The zero-order valence-electron chi connectivity index (χ0n) is 20.2. The van der Waals surface area contributed by atoms with E-state index in [1.807, 2.05) is 48.5 Å². The van der Waals surface area contributed by atoms with E-state index in [-0.39, 0.29) is 30.7 Å². The van der Waals surface area contributed by atoms with Crippen LogP contribution in [0.1, 0.15) is 49.0 Å². The highest BCUT2D eigenvalue weighted by Gasteiger charge is 2.17. The topological polar surface area (TPSA) is 58.6 Å². The number of fused-ring (bicyclic) bond motifs is 1. The van der Waals surface area contributed by atoms with Crippen molar-refractivity contribution >= 4 is 16.7 Å². The van der Waals surface area contributed by atoms with Crippen LogP contribution in [0.3, 0.4) is 0 Å². The van der Waals surface area contributed by atoms with Crippen LogP contribution in [0.4, 0.5) is 4.39 Å². The van der Waals surface area contributed by atoms with Crippen molar-refractivity contribution in [2.24, 2.45) is 0 Å². The predicted molar refractivity (Wildman–Crippen MR) is 138 cm³/mol. The summed E-state index contributed by atoms with van der Waals surface area (Å²) < 4.78 is 20.9. The second-order valence-corrected chi connectivity index (χ2v) is 8.85. The fourth-order valence-corrected chi connectivity index (χ4v) is 4.51. The van der Waals surface area contributed by atoms with Crippen molar-refractivity contribution in [3.8, 4) is 16.9 Å². The molecule has 180 valence electrons. The van der Waals surface area contributed by atoms with Gasteiger partial charge in [-0.3, -0.25) is 4.79 Å². The number of carbonyl (C=O) groups is 1. The van der Waals surface area contributed by atoms with Crippen molar-refractivity contribution in [3.05, 3.63) is 101 Å². The highest BCUT2D eigenvalue weighted by atomic mass is 19.1. The first-order valence-corrected chi connectivity index (χ1v) is 11.8. The predicted octanol–water partition coefficient (Wildman–Crippen LogP) is 7.08. The van der Waals surface area contributed by atoms with Gasteiger partial charge in [0.1, 0.15) is 11.6 Å². The number of ether oxygens (including phenoxy) is 1. The van der Waals surface area contributed by atoms with Gasteiger partial charge >= 0.3 is 5.97 Å². The molecule has 0 aromatic heterocycles. The molecule has 0 bridgehead atoms. The first kappa shape index (κ1) is 24.4. The van der Waals surface area contributed by atoms with Gasteiger partial charge in [0.25, 0.3) is 0 Å². The molecule has 0 saturated carbocycles. The summed E-state index contributed by atoms with van der Waals surface area (Å²) in [6, 6.07) is 25.4. The van der Waals surface area contributed by atoms with Crippen molar-refractivity contribution in [1.82, 2.24) is 5.32 Å². The number of rotatable bonds is 9. The smallest absolute Gasteiger partial charge is 0.303 e. The maximum absolute atomic E-state index is 15.6. The second-order valence-electron chi connectivity index (χ2n) is 8.85. The SMILES string of the molecule is COc1cccc([C@@H](C)NC(C)c2cc(-c3cccc(CCC(=O)O)c3F)c3ccccc3c2)c1. The second kappa shape index (κ2) is 10.7. The first-order chi connectivity index (χ1) is 16.9. The number of aliphatic carboxylic acids is 1. The first-order valence-electron chi connectivity index (χ1n) is 11.8. The number of methoxy groups -OCH3 is 1. The van der Waals surface area contributed by atoms with Gasteiger partial charge in [-0.25, -0.2) is 4.39 Å². The molecule has 4 aromatic rings. The summed E-state index contributed by atoms with van der Waals surface area (Å²) in [5, 5.41) is 14.7. The largest absolute Gasteiger partial charge is 0.497 e. The van der Waals surface area contributed by atoms with Crippen LogP contribution in [0.25, 0.3) is 21.9 Å². The Hall–Kier alpha value is -3.70. The number of hydrogen-bond donors (Lipinski definition) is 2. The van der Waals surface area contributed by atoms with Crippen LogP contribution in [0.15, 0.2) is 78.9 Å². The number of carboxylic acids is 1. The summed E-state index contributed by atoms with van der Waals surface area (Å²) in [5.74, 6) is -0.483. The molecule has 35 heavy (non-hydrogen) atoms. The highest BCUT2D eigenvalue weighted by molar-refractivity contribution is 5.97. The van der Waals surface area contributed by atoms with Crippen LogP contribution in [0, 0.1) is 5.82 Å². The molecule has 4 rings (SSSR count). The molecule has 0 aliphatic heterocycles. The van der Waals surface area contributed by atoms with E-state index in [9.17, 15) is 4.79 Å². The fourth-order valence-electron chi connectivity index (χ4n) is 4.51. The summed E-state index contributed by atoms with van der Waals surface area (Å²) in [6.45, 7) is 4.21. The average Bonchev–Trinajstić information content (AvgIpc) is 2.87. The van der Waals surface area contributed by atoms with Crippen LogP contribution in [-0.4, -0.2) is 18.2 Å². The number of halogens is 1. The normalized spacial score (nSPS) is 12.9. The third kappa shape index (κ3) is 5.52. The van der Waals surface area contributed by atoms with Gasteiger partial charge < -0.3 is 15.2 Å². The van der Waals surface area contributed by atoms with E-state index in [0.29, 0.717) is 11.1 Å². The Bertz CT molecular complexity index is 1350. The van der Waals surface area contributed by atoms with E-state index in [2.05, 4.69) is 31.3 Å². The minimum atomic E-state index is -0.938. The van der Waals surface area contributed by atoms with Crippen molar-refractivity contribution in [3.63, 3.8) is 0 Å². The van der Waals surface area contributed by atoms with Gasteiger partial charge in [-0.05, 0) is 77.6 Å². The Balaban J connectivity index is 1.71. The number of hydrogen-bond acceptors (Lipinski definition) is 3. The molecule has 4 nitrogen and oxygen atoms in total. The van der Waals surface area contributed by atoms with Crippen molar-refractivity contribution < 1.29 is 19.0 Å². The zero-order valence-corrected chi connectivity index (χ0v) is 20.2. The van der Waals surface area contributed by atoms with Crippen molar-refractivity contribution in [2.75, 3.05) is 7.11 Å². The van der Waals surface area contributed by atoms with Gasteiger partial charge in [0, 0.05) is 24.1 Å². The van der Waals surface area contributed by atoms with Gasteiger partial charge in [-0.1, -0.05) is 54.6 Å². The van der Waals surface area contributed by atoms with Gasteiger partial charge in [0.2, 0.25) is 0 Å². The molecule has 2 atom stereocenters. The van der Waals surface area contributed by atoms with Crippen LogP contribution >= 0.6 is 0 Å². The molecule has 0 saturated heterocycles. The van der Waals surface area contributed by atoms with Crippen molar-refractivity contribution in [1.29, 1.82) is 0 Å². The molecular formula is C30H30FNO3. The lowest BCUT2D eigenvalue weighted by molar-refractivity contribution is -0.136. The van der Waals surface area contributed by atoms with Crippen LogP contribution in [0.5, 0.6) is 5.75 Å². The molecule has 0 spiro atoms. The average molecular weight is 472 g/mol. The Morgan fingerprint density at radius 3 is 2.43 bits per heavy atom. The quantitative estimate of drug-likeness (QED) is 0.274. The Labute approximate surface area is 205 Å². The molecule has 4 aromatic carbocycles. The zero-order chi connectivity index (χ0) is 24.9. The third-order valence-corrected chi connectivity index (χ3v) is 6.45. The lowest BCUT2D eigenvalue weighted by atomic mass is 9.91. The van der Waals surface area contributed by atoms with E-state index in [1.54, 1.807) is 25.3 Å². The third-order valence-electron chi connectivity index (χ3n) is 6.45. The van der Waals surface area contributed by atoms with Crippen molar-refractivity contribution in [2.45, 2.75) is 38.8 Å². The monoisotopic (exact) mass is 471 g/mol. The Morgan fingerprint density at radius 2 is 1.66 bits per heavy atom.